The maximum absolute atomic E-state index is 12.1. The number of carbonyl (C=O) groups excluding carboxylic acids is 1. The molecule has 1 aliphatic rings. The fourth-order valence-corrected chi connectivity index (χ4v) is 1.93. The van der Waals surface area contributed by atoms with Crippen LogP contribution < -0.4 is 4.74 Å². The maximum atomic E-state index is 12.1. The van der Waals surface area contributed by atoms with Crippen LogP contribution in [-0.2, 0) is 0 Å². The Morgan fingerprint density at radius 1 is 1.50 bits per heavy atom. The van der Waals surface area contributed by atoms with E-state index >= 15 is 0 Å². The summed E-state index contributed by atoms with van der Waals surface area (Å²) >= 11 is 0. The fraction of sp³-hybridized carbons (Fsp3) is 0.357. The summed E-state index contributed by atoms with van der Waals surface area (Å²) in [5, 5.41) is 9.40. The minimum absolute atomic E-state index is 0.0601. The van der Waals surface area contributed by atoms with Gasteiger partial charge in [-0.1, -0.05) is 5.92 Å². The molecule has 1 N–H and O–H groups in total. The molecule has 1 atom stereocenters. The minimum Gasteiger partial charge on any atom is -0.481 e. The topological polar surface area (TPSA) is 49.8 Å². The van der Waals surface area contributed by atoms with Crippen molar-refractivity contribution in [1.82, 2.24) is 4.90 Å². The number of aliphatic hydroxyl groups excluding tert-OH is 1. The zero-order valence-corrected chi connectivity index (χ0v) is 10.0. The molecule has 18 heavy (non-hydrogen) atoms. The number of aliphatic hydroxyl groups is 1. The Morgan fingerprint density at radius 3 is 2.78 bits per heavy atom. The van der Waals surface area contributed by atoms with Gasteiger partial charge in [-0.15, -0.1) is 6.42 Å². The van der Waals surface area contributed by atoms with Crippen molar-refractivity contribution in [3.63, 3.8) is 0 Å². The molecule has 2 rings (SSSR count). The van der Waals surface area contributed by atoms with Gasteiger partial charge >= 0.3 is 0 Å². The smallest absolute Gasteiger partial charge is 0.253 e. The first-order chi connectivity index (χ1) is 8.70. The van der Waals surface area contributed by atoms with E-state index in [1.807, 2.05) is 0 Å². The van der Waals surface area contributed by atoms with E-state index in [9.17, 15) is 9.90 Å². The van der Waals surface area contributed by atoms with Gasteiger partial charge in [-0.2, -0.15) is 0 Å². The summed E-state index contributed by atoms with van der Waals surface area (Å²) in [4.78, 5) is 13.7. The Morgan fingerprint density at radius 2 is 2.22 bits per heavy atom. The van der Waals surface area contributed by atoms with Crippen molar-refractivity contribution in [2.45, 2.75) is 12.5 Å². The number of likely N-dealkylation sites (tertiary alicyclic amines) is 1. The normalized spacial score (nSPS) is 18.4. The molecule has 0 saturated carbocycles. The number of ether oxygens (including phenoxy) is 1. The van der Waals surface area contributed by atoms with E-state index in [1.165, 1.54) is 0 Å². The standard InChI is InChI=1S/C14H15NO3/c1-2-9-18-13-5-3-11(4-6-13)14(17)15-8-7-12(16)10-15/h1,3-6,12,16H,7-10H2/t12-/m0/s1. The lowest BCUT2D eigenvalue weighted by atomic mass is 10.2. The molecule has 1 aromatic rings. The third-order valence-electron chi connectivity index (χ3n) is 2.87. The lowest BCUT2D eigenvalue weighted by Gasteiger charge is -2.15. The molecule has 0 spiro atoms. The number of carbonyl (C=O) groups is 1. The number of terminal acetylenes is 1. The molecule has 1 heterocycles. The molecule has 1 fully saturated rings. The van der Waals surface area contributed by atoms with Crippen LogP contribution in [0.25, 0.3) is 0 Å². The molecule has 4 nitrogen and oxygen atoms in total. The average molecular weight is 245 g/mol. The largest absolute Gasteiger partial charge is 0.481 e. The number of benzene rings is 1. The Kier molecular flexibility index (Phi) is 3.85. The van der Waals surface area contributed by atoms with E-state index in [0.29, 0.717) is 30.8 Å². The molecular formula is C14H15NO3. The van der Waals surface area contributed by atoms with E-state index in [2.05, 4.69) is 5.92 Å². The summed E-state index contributed by atoms with van der Waals surface area (Å²) in [5.41, 5.74) is 0.595. The van der Waals surface area contributed by atoms with Crippen LogP contribution in [0.1, 0.15) is 16.8 Å². The van der Waals surface area contributed by atoms with Gasteiger partial charge in [0, 0.05) is 18.7 Å². The molecule has 0 bridgehead atoms. The second-order valence-corrected chi connectivity index (χ2v) is 4.21. The first-order valence-electron chi connectivity index (χ1n) is 5.84. The van der Waals surface area contributed by atoms with Crippen molar-refractivity contribution in [3.8, 4) is 18.1 Å². The van der Waals surface area contributed by atoms with Crippen LogP contribution in [0.3, 0.4) is 0 Å². The predicted molar refractivity (Wildman–Crippen MR) is 67.3 cm³/mol. The second kappa shape index (κ2) is 5.56. The Bertz CT molecular complexity index is 461. The first-order valence-corrected chi connectivity index (χ1v) is 5.84. The summed E-state index contributed by atoms with van der Waals surface area (Å²) in [6.45, 7) is 1.23. The van der Waals surface area contributed by atoms with Crippen molar-refractivity contribution in [3.05, 3.63) is 29.8 Å². The highest BCUT2D eigenvalue weighted by molar-refractivity contribution is 5.94. The number of hydrogen-bond acceptors (Lipinski definition) is 3. The molecule has 0 aromatic heterocycles. The third kappa shape index (κ3) is 2.82. The van der Waals surface area contributed by atoms with E-state index in [4.69, 9.17) is 11.2 Å². The zero-order valence-electron chi connectivity index (χ0n) is 10.0. The summed E-state index contributed by atoms with van der Waals surface area (Å²) < 4.78 is 5.23. The average Bonchev–Trinajstić information content (AvgIpc) is 2.83. The van der Waals surface area contributed by atoms with Crippen LogP contribution in [0.2, 0.25) is 0 Å². The van der Waals surface area contributed by atoms with Crippen molar-refractivity contribution < 1.29 is 14.6 Å². The second-order valence-electron chi connectivity index (χ2n) is 4.21. The Hall–Kier alpha value is -1.99. The molecule has 4 heteroatoms. The van der Waals surface area contributed by atoms with Gasteiger partial charge in [-0.05, 0) is 30.7 Å². The molecule has 0 radical (unpaired) electrons. The van der Waals surface area contributed by atoms with Gasteiger partial charge in [0.05, 0.1) is 6.10 Å². The highest BCUT2D eigenvalue weighted by Gasteiger charge is 2.25. The predicted octanol–water partition coefficient (Wildman–Crippen LogP) is 0.905. The van der Waals surface area contributed by atoms with Crippen molar-refractivity contribution >= 4 is 5.91 Å². The van der Waals surface area contributed by atoms with E-state index in [0.717, 1.165) is 0 Å². The van der Waals surface area contributed by atoms with Gasteiger partial charge in [-0.3, -0.25) is 4.79 Å². The van der Waals surface area contributed by atoms with Gasteiger partial charge in [0.25, 0.3) is 5.91 Å². The van der Waals surface area contributed by atoms with Gasteiger partial charge < -0.3 is 14.7 Å². The van der Waals surface area contributed by atoms with Crippen LogP contribution in [0, 0.1) is 12.3 Å². The SMILES string of the molecule is C#CCOc1ccc(C(=O)N2CC[C@H](O)C2)cc1. The summed E-state index contributed by atoms with van der Waals surface area (Å²) in [5.74, 6) is 2.96. The number of rotatable bonds is 3. The quantitative estimate of drug-likeness (QED) is 0.805. The van der Waals surface area contributed by atoms with Crippen LogP contribution in [-0.4, -0.2) is 41.7 Å². The van der Waals surface area contributed by atoms with Crippen LogP contribution in [0.5, 0.6) is 5.75 Å². The molecule has 94 valence electrons. The number of β-amino-alcohol motifs (C(OH)–C–C–N with tert-alkyl or cyclic N) is 1. The minimum atomic E-state index is -0.396. The Balaban J connectivity index is 2.01. The zero-order chi connectivity index (χ0) is 13.0. The number of amides is 1. The number of nitrogens with zero attached hydrogens (tertiary/aromatic N) is 1. The lowest BCUT2D eigenvalue weighted by molar-refractivity contribution is 0.0765. The van der Waals surface area contributed by atoms with Crippen molar-refractivity contribution in [2.24, 2.45) is 0 Å². The molecule has 0 aliphatic carbocycles. The monoisotopic (exact) mass is 245 g/mol. The van der Waals surface area contributed by atoms with Crippen LogP contribution in [0.15, 0.2) is 24.3 Å². The van der Waals surface area contributed by atoms with Crippen molar-refractivity contribution in [1.29, 1.82) is 0 Å². The highest BCUT2D eigenvalue weighted by Crippen LogP contribution is 2.16. The van der Waals surface area contributed by atoms with Crippen molar-refractivity contribution in [2.75, 3.05) is 19.7 Å². The Labute approximate surface area is 106 Å². The lowest BCUT2D eigenvalue weighted by Crippen LogP contribution is -2.29. The van der Waals surface area contributed by atoms with E-state index in [-0.39, 0.29) is 12.5 Å². The van der Waals surface area contributed by atoms with Gasteiger partial charge in [0.1, 0.15) is 12.4 Å². The van der Waals surface area contributed by atoms with Gasteiger partial charge in [-0.25, -0.2) is 0 Å². The third-order valence-corrected chi connectivity index (χ3v) is 2.87. The molecular weight excluding hydrogens is 230 g/mol. The molecule has 1 aromatic carbocycles. The van der Waals surface area contributed by atoms with Crippen LogP contribution in [0.4, 0.5) is 0 Å². The maximum Gasteiger partial charge on any atom is 0.253 e. The first kappa shape index (κ1) is 12.5. The molecule has 0 unspecified atom stereocenters. The summed E-state index contributed by atoms with van der Waals surface area (Å²) in [6, 6.07) is 6.85. The molecule has 1 amide bonds. The van der Waals surface area contributed by atoms with E-state index in [1.54, 1.807) is 29.2 Å². The molecule has 1 aliphatic heterocycles. The highest BCUT2D eigenvalue weighted by atomic mass is 16.5. The van der Waals surface area contributed by atoms with Crippen LogP contribution >= 0.6 is 0 Å². The van der Waals surface area contributed by atoms with Gasteiger partial charge in [0.2, 0.25) is 0 Å². The fourth-order valence-electron chi connectivity index (χ4n) is 1.93. The summed E-state index contributed by atoms with van der Waals surface area (Å²) in [7, 11) is 0. The van der Waals surface area contributed by atoms with Gasteiger partial charge in [0.15, 0.2) is 0 Å². The molecule has 1 saturated heterocycles. The number of hydrogen-bond donors (Lipinski definition) is 1. The van der Waals surface area contributed by atoms with E-state index < -0.39 is 6.10 Å². The summed E-state index contributed by atoms with van der Waals surface area (Å²) in [6.07, 6.45) is 5.34.